The van der Waals surface area contributed by atoms with Crippen molar-refractivity contribution in [3.8, 4) is 17.2 Å². The molecular formula is C39H43FN4O6. The molecule has 1 saturated heterocycles. The van der Waals surface area contributed by atoms with Gasteiger partial charge in [-0.05, 0) is 86.9 Å². The van der Waals surface area contributed by atoms with Gasteiger partial charge in [0.25, 0.3) is 5.91 Å². The van der Waals surface area contributed by atoms with Crippen LogP contribution in [0, 0.1) is 11.7 Å². The minimum Gasteiger partial charge on any atom is -0.493 e. The van der Waals surface area contributed by atoms with Crippen molar-refractivity contribution in [3.63, 3.8) is 0 Å². The number of likely N-dealkylation sites (tertiary alicyclic amines) is 1. The summed E-state index contributed by atoms with van der Waals surface area (Å²) in [5, 5.41) is 0. The molecule has 0 radical (unpaired) electrons. The van der Waals surface area contributed by atoms with E-state index in [0.717, 1.165) is 61.1 Å². The average Bonchev–Trinajstić information content (AvgIpc) is 3.81. The van der Waals surface area contributed by atoms with E-state index in [4.69, 9.17) is 23.6 Å². The molecule has 1 unspecified atom stereocenters. The lowest BCUT2D eigenvalue weighted by atomic mass is 9.90. The number of ether oxygens (including phenoxy) is 3. The second kappa shape index (κ2) is 15.6. The number of para-hydroxylation sites is 2. The molecule has 0 aliphatic carbocycles. The maximum absolute atomic E-state index is 13.9. The first-order chi connectivity index (χ1) is 24.3. The summed E-state index contributed by atoms with van der Waals surface area (Å²) in [5.74, 6) is 1.09. The number of aromatic nitrogens is 2. The van der Waals surface area contributed by atoms with E-state index >= 15 is 0 Å². The van der Waals surface area contributed by atoms with Crippen LogP contribution in [0.5, 0.6) is 17.2 Å². The van der Waals surface area contributed by atoms with E-state index in [1.54, 1.807) is 48.7 Å². The number of Topliss-reactive ketones (excluding diaryl/α,β-unsaturated/α-hetero) is 1. The van der Waals surface area contributed by atoms with Crippen molar-refractivity contribution in [2.24, 2.45) is 5.92 Å². The van der Waals surface area contributed by atoms with Crippen molar-refractivity contribution >= 4 is 22.7 Å². The first-order valence-electron chi connectivity index (χ1n) is 16.8. The predicted octanol–water partition coefficient (Wildman–Crippen LogP) is 6.68. The summed E-state index contributed by atoms with van der Waals surface area (Å²) in [6.45, 7) is 3.25. The van der Waals surface area contributed by atoms with Crippen LogP contribution in [0.1, 0.15) is 57.3 Å². The predicted molar refractivity (Wildman–Crippen MR) is 188 cm³/mol. The van der Waals surface area contributed by atoms with Crippen LogP contribution in [0.3, 0.4) is 0 Å². The molecule has 1 aliphatic rings. The molecule has 10 nitrogen and oxygen atoms in total. The van der Waals surface area contributed by atoms with Crippen molar-refractivity contribution < 1.29 is 32.6 Å². The SMILES string of the molecule is COc1cc(C(=O)N(C)CC(CCN2CCC(C(=O)c3nc4ccccc4n3Cc3ccoc3)CC2)c2ccc(F)cc2)cc(OC)c1OC. The highest BCUT2D eigenvalue weighted by Crippen LogP contribution is 2.38. The van der Waals surface area contributed by atoms with Gasteiger partial charge in [-0.1, -0.05) is 24.3 Å². The standard InChI is InChI=1S/C39H43FN4O6/c1-42(39(46)30-21-34(47-2)37(49-4)35(22-30)48-3)24-29(27-9-11-31(40)12-10-27)15-19-43-17-13-28(14-18-43)36(45)38-41-32-7-5-6-8-33(32)44(38)23-26-16-20-50-25-26/h5-12,16,20-22,25,28-29H,13-15,17-19,23-24H2,1-4H3. The van der Waals surface area contributed by atoms with Gasteiger partial charge in [-0.3, -0.25) is 9.59 Å². The Morgan fingerprint density at radius 3 is 2.32 bits per heavy atom. The number of hydrogen-bond donors (Lipinski definition) is 0. The van der Waals surface area contributed by atoms with E-state index in [2.05, 4.69) is 4.90 Å². The van der Waals surface area contributed by atoms with Gasteiger partial charge in [0.05, 0.1) is 51.4 Å². The highest BCUT2D eigenvalue weighted by atomic mass is 19.1. The molecule has 0 N–H and O–H groups in total. The molecule has 1 aliphatic heterocycles. The number of ketones is 1. The van der Waals surface area contributed by atoms with Gasteiger partial charge in [-0.25, -0.2) is 9.37 Å². The van der Waals surface area contributed by atoms with E-state index in [0.29, 0.717) is 41.7 Å². The van der Waals surface area contributed by atoms with Gasteiger partial charge in [0.2, 0.25) is 11.5 Å². The lowest BCUT2D eigenvalue weighted by Gasteiger charge is -2.33. The molecule has 0 spiro atoms. The fourth-order valence-corrected chi connectivity index (χ4v) is 6.87. The number of likely N-dealkylation sites (N-methyl/N-ethyl adjacent to an activating group) is 1. The van der Waals surface area contributed by atoms with Crippen LogP contribution < -0.4 is 14.2 Å². The number of imidazole rings is 1. The van der Waals surface area contributed by atoms with Crippen LogP contribution in [0.2, 0.25) is 0 Å². The smallest absolute Gasteiger partial charge is 0.253 e. The van der Waals surface area contributed by atoms with Crippen LogP contribution in [-0.4, -0.2) is 85.6 Å². The molecule has 11 heteroatoms. The number of benzene rings is 3. The number of piperidine rings is 1. The highest BCUT2D eigenvalue weighted by molar-refractivity contribution is 5.98. The summed E-state index contributed by atoms with van der Waals surface area (Å²) < 4.78 is 37.5. The summed E-state index contributed by atoms with van der Waals surface area (Å²) in [4.78, 5) is 36.4. The monoisotopic (exact) mass is 682 g/mol. The number of fused-ring (bicyclic) bond motifs is 1. The van der Waals surface area contributed by atoms with Crippen molar-refractivity contribution in [2.75, 3.05) is 54.6 Å². The van der Waals surface area contributed by atoms with Gasteiger partial charge in [-0.15, -0.1) is 0 Å². The fraction of sp³-hybridized carbons (Fsp3) is 0.359. The third-order valence-corrected chi connectivity index (χ3v) is 9.64. The first kappa shape index (κ1) is 34.7. The van der Waals surface area contributed by atoms with Crippen LogP contribution in [0.4, 0.5) is 4.39 Å². The average molecular weight is 683 g/mol. The van der Waals surface area contributed by atoms with Gasteiger partial charge in [-0.2, -0.15) is 0 Å². The summed E-state index contributed by atoms with van der Waals surface area (Å²) in [6.07, 6.45) is 5.54. The summed E-state index contributed by atoms with van der Waals surface area (Å²) in [5.41, 5.74) is 4.07. The van der Waals surface area contributed by atoms with Gasteiger partial charge in [0.1, 0.15) is 5.82 Å². The van der Waals surface area contributed by atoms with Gasteiger partial charge < -0.3 is 33.0 Å². The second-order valence-electron chi connectivity index (χ2n) is 12.8. The van der Waals surface area contributed by atoms with Crippen molar-refractivity contribution in [3.05, 3.63) is 108 Å². The zero-order valence-electron chi connectivity index (χ0n) is 28.9. The van der Waals surface area contributed by atoms with Crippen molar-refractivity contribution in [1.29, 1.82) is 0 Å². The molecule has 1 amide bonds. The maximum Gasteiger partial charge on any atom is 0.253 e. The van der Waals surface area contributed by atoms with Crippen molar-refractivity contribution in [2.45, 2.75) is 31.7 Å². The number of rotatable bonds is 14. The summed E-state index contributed by atoms with van der Waals surface area (Å²) >= 11 is 0. The number of carbonyl (C=O) groups is 2. The zero-order chi connectivity index (χ0) is 35.2. The van der Waals surface area contributed by atoms with Crippen LogP contribution >= 0.6 is 0 Å². The molecular weight excluding hydrogens is 639 g/mol. The minimum absolute atomic E-state index is 0.0474. The quantitative estimate of drug-likeness (QED) is 0.120. The molecule has 50 heavy (non-hydrogen) atoms. The number of methoxy groups -OCH3 is 3. The van der Waals surface area contributed by atoms with E-state index in [1.807, 2.05) is 34.9 Å². The van der Waals surface area contributed by atoms with E-state index in [1.165, 1.54) is 33.5 Å². The molecule has 0 bridgehead atoms. The van der Waals surface area contributed by atoms with Crippen LogP contribution in [0.15, 0.2) is 83.7 Å². The summed E-state index contributed by atoms with van der Waals surface area (Å²) in [7, 11) is 6.30. The normalized spacial score (nSPS) is 14.4. The zero-order valence-corrected chi connectivity index (χ0v) is 28.9. The molecule has 3 heterocycles. The van der Waals surface area contributed by atoms with Gasteiger partial charge in [0.15, 0.2) is 17.3 Å². The van der Waals surface area contributed by atoms with Gasteiger partial charge in [0, 0.05) is 36.6 Å². The minimum atomic E-state index is -0.306. The van der Waals surface area contributed by atoms with Gasteiger partial charge >= 0.3 is 0 Å². The second-order valence-corrected chi connectivity index (χ2v) is 12.8. The lowest BCUT2D eigenvalue weighted by molar-refractivity contribution is 0.0778. The lowest BCUT2D eigenvalue weighted by Crippen LogP contribution is -2.38. The number of amides is 1. The Morgan fingerprint density at radius 1 is 0.980 bits per heavy atom. The highest BCUT2D eigenvalue weighted by Gasteiger charge is 2.30. The molecule has 2 aromatic heterocycles. The molecule has 6 rings (SSSR count). The molecule has 1 fully saturated rings. The van der Waals surface area contributed by atoms with E-state index in [-0.39, 0.29) is 29.3 Å². The summed E-state index contributed by atoms with van der Waals surface area (Å²) in [6, 6.07) is 19.5. The topological polar surface area (TPSA) is 99.3 Å². The molecule has 1 atom stereocenters. The Bertz CT molecular complexity index is 1890. The Morgan fingerprint density at radius 2 is 1.68 bits per heavy atom. The Hall–Kier alpha value is -5.16. The Labute approximate surface area is 291 Å². The number of hydrogen-bond acceptors (Lipinski definition) is 8. The van der Waals surface area contributed by atoms with Crippen molar-refractivity contribution in [1.82, 2.24) is 19.4 Å². The number of furan rings is 1. The molecule has 262 valence electrons. The van der Waals surface area contributed by atoms with E-state index in [9.17, 15) is 14.0 Å². The number of nitrogens with zero attached hydrogens (tertiary/aromatic N) is 4. The molecule has 0 saturated carbocycles. The largest absolute Gasteiger partial charge is 0.493 e. The molecule has 5 aromatic rings. The number of carbonyl (C=O) groups excluding carboxylic acids is 2. The maximum atomic E-state index is 13.9. The van der Waals surface area contributed by atoms with Crippen LogP contribution in [-0.2, 0) is 6.54 Å². The third kappa shape index (κ3) is 7.52. The molecule has 3 aromatic carbocycles. The van der Waals surface area contributed by atoms with E-state index < -0.39 is 0 Å². The Balaban J connectivity index is 1.12. The van der Waals surface area contributed by atoms with Crippen LogP contribution in [0.25, 0.3) is 11.0 Å². The third-order valence-electron chi connectivity index (χ3n) is 9.64. The first-order valence-corrected chi connectivity index (χ1v) is 16.8. The Kier molecular flexibility index (Phi) is 10.8. The fourth-order valence-electron chi connectivity index (χ4n) is 6.87. The number of halogens is 1.